The Balaban J connectivity index is 1.05. The van der Waals surface area contributed by atoms with E-state index in [1.165, 1.54) is 70.2 Å². The second kappa shape index (κ2) is 11.8. The molecular formula is C49H41NS. The Kier molecular flexibility index (Phi) is 7.31. The first-order chi connectivity index (χ1) is 24.6. The van der Waals surface area contributed by atoms with Crippen molar-refractivity contribution in [2.45, 2.75) is 45.4 Å². The molecule has 0 N–H and O–H groups in total. The van der Waals surface area contributed by atoms with Crippen LogP contribution in [0, 0.1) is 0 Å². The molecular weight excluding hydrogens is 635 g/mol. The average Bonchev–Trinajstić information content (AvgIpc) is 3.63. The van der Waals surface area contributed by atoms with Crippen LogP contribution in [0.1, 0.15) is 51.3 Å². The molecule has 0 radical (unpaired) electrons. The van der Waals surface area contributed by atoms with E-state index in [1.807, 2.05) is 11.3 Å². The molecule has 51 heavy (non-hydrogen) atoms. The average molecular weight is 676 g/mol. The highest BCUT2D eigenvalue weighted by molar-refractivity contribution is 7.25. The maximum Gasteiger partial charge on any atom is 0.0462 e. The van der Waals surface area contributed by atoms with Crippen LogP contribution >= 0.6 is 11.3 Å². The quantitative estimate of drug-likeness (QED) is 0.175. The van der Waals surface area contributed by atoms with Crippen LogP contribution in [0.4, 0.5) is 17.1 Å². The lowest BCUT2D eigenvalue weighted by molar-refractivity contribution is 0.584. The van der Waals surface area contributed by atoms with E-state index in [9.17, 15) is 0 Å². The van der Waals surface area contributed by atoms with Gasteiger partial charge < -0.3 is 4.90 Å². The van der Waals surface area contributed by atoms with Gasteiger partial charge >= 0.3 is 0 Å². The summed E-state index contributed by atoms with van der Waals surface area (Å²) in [5, 5.41) is 2.66. The molecule has 1 heterocycles. The van der Waals surface area contributed by atoms with Gasteiger partial charge in [0.15, 0.2) is 0 Å². The fraction of sp³-hybridized carbons (Fsp3) is 0.143. The first-order valence-corrected chi connectivity index (χ1v) is 18.7. The summed E-state index contributed by atoms with van der Waals surface area (Å²) in [7, 11) is 0. The number of hydrogen-bond acceptors (Lipinski definition) is 2. The van der Waals surface area contributed by atoms with Crippen LogP contribution in [-0.4, -0.2) is 0 Å². The second-order valence-electron chi connectivity index (χ2n) is 15.5. The van der Waals surface area contributed by atoms with Crippen LogP contribution in [0.3, 0.4) is 0 Å². The summed E-state index contributed by atoms with van der Waals surface area (Å²) in [6.07, 6.45) is 0. The van der Waals surface area contributed by atoms with Crippen molar-refractivity contribution in [3.8, 4) is 33.4 Å². The number of rotatable bonds is 5. The minimum Gasteiger partial charge on any atom is -0.311 e. The molecule has 1 aliphatic rings. The normalized spacial score (nSPS) is 13.4. The third kappa shape index (κ3) is 5.37. The minimum atomic E-state index is -0.0227. The van der Waals surface area contributed by atoms with Crippen LogP contribution in [0.2, 0.25) is 0 Å². The molecule has 0 saturated carbocycles. The van der Waals surface area contributed by atoms with Crippen molar-refractivity contribution >= 4 is 48.6 Å². The summed E-state index contributed by atoms with van der Waals surface area (Å²) in [6.45, 7) is 11.6. The fourth-order valence-corrected chi connectivity index (χ4v) is 9.02. The highest BCUT2D eigenvalue weighted by Gasteiger charge is 2.36. The smallest absolute Gasteiger partial charge is 0.0462 e. The first kappa shape index (κ1) is 31.5. The minimum absolute atomic E-state index is 0.0227. The standard InChI is InChI=1S/C49H41NS/c1-48(2,3)36-21-26-40-42-29-34(19-27-44(42)49(4,5)45(40)31-36)32-15-22-38(23-16-32)50(37-11-7-6-8-12-37)39-24-17-33(18-25-39)35-20-28-47-43(30-35)41-13-9-10-14-46(41)51-47/h6-31H,1-5H3. The van der Waals surface area contributed by atoms with Crippen molar-refractivity contribution in [1.82, 2.24) is 0 Å². The van der Waals surface area contributed by atoms with Crippen molar-refractivity contribution in [2.24, 2.45) is 0 Å². The van der Waals surface area contributed by atoms with E-state index in [0.29, 0.717) is 0 Å². The molecule has 2 heteroatoms. The van der Waals surface area contributed by atoms with Crippen LogP contribution in [0.25, 0.3) is 53.6 Å². The SMILES string of the molecule is CC(C)(C)c1ccc2c(c1)C(C)(C)c1ccc(-c3ccc(N(c4ccccc4)c4ccc(-c5ccc6sc7ccccc7c6c5)cc4)cc3)cc1-2. The molecule has 0 bridgehead atoms. The van der Waals surface area contributed by atoms with Gasteiger partial charge in [-0.2, -0.15) is 0 Å². The number of thiophene rings is 1. The van der Waals surface area contributed by atoms with E-state index in [1.54, 1.807) is 0 Å². The van der Waals surface area contributed by atoms with Crippen LogP contribution in [0.15, 0.2) is 158 Å². The van der Waals surface area contributed by atoms with Crippen molar-refractivity contribution in [2.75, 3.05) is 4.90 Å². The summed E-state index contributed by atoms with van der Waals surface area (Å²) < 4.78 is 2.67. The zero-order valence-electron chi connectivity index (χ0n) is 29.9. The highest BCUT2D eigenvalue weighted by atomic mass is 32.1. The maximum absolute atomic E-state index is 2.44. The van der Waals surface area contributed by atoms with Gasteiger partial charge in [0.1, 0.15) is 0 Å². The van der Waals surface area contributed by atoms with Gasteiger partial charge in [-0.1, -0.05) is 132 Å². The number of anilines is 3. The molecule has 248 valence electrons. The Morgan fingerprint density at radius 3 is 1.71 bits per heavy atom. The van der Waals surface area contributed by atoms with Gasteiger partial charge in [-0.3, -0.25) is 0 Å². The molecule has 0 unspecified atom stereocenters. The van der Waals surface area contributed by atoms with Gasteiger partial charge in [-0.05, 0) is 116 Å². The molecule has 0 amide bonds. The van der Waals surface area contributed by atoms with Gasteiger partial charge in [0.05, 0.1) is 0 Å². The first-order valence-electron chi connectivity index (χ1n) is 17.9. The molecule has 0 aliphatic heterocycles. The van der Waals surface area contributed by atoms with E-state index >= 15 is 0 Å². The lowest BCUT2D eigenvalue weighted by Crippen LogP contribution is -2.17. The Bertz CT molecular complexity index is 2560. The number of para-hydroxylation sites is 1. The summed E-state index contributed by atoms with van der Waals surface area (Å²) in [6, 6.07) is 58.5. The van der Waals surface area contributed by atoms with Gasteiger partial charge in [0, 0.05) is 42.6 Å². The predicted octanol–water partition coefficient (Wildman–Crippen LogP) is 14.5. The Morgan fingerprint density at radius 1 is 0.451 bits per heavy atom. The molecule has 1 aromatic heterocycles. The van der Waals surface area contributed by atoms with Crippen molar-refractivity contribution in [3.05, 3.63) is 174 Å². The zero-order chi connectivity index (χ0) is 34.9. The molecule has 1 nitrogen and oxygen atoms in total. The second-order valence-corrected chi connectivity index (χ2v) is 16.6. The Hall–Kier alpha value is -5.44. The third-order valence-corrected chi connectivity index (χ3v) is 12.0. The third-order valence-electron chi connectivity index (χ3n) is 10.9. The predicted molar refractivity (Wildman–Crippen MR) is 221 cm³/mol. The van der Waals surface area contributed by atoms with Gasteiger partial charge in [-0.25, -0.2) is 0 Å². The Labute approximate surface area is 305 Å². The highest BCUT2D eigenvalue weighted by Crippen LogP contribution is 2.51. The molecule has 0 atom stereocenters. The maximum atomic E-state index is 2.44. The Morgan fingerprint density at radius 2 is 1.02 bits per heavy atom. The number of nitrogens with zero attached hydrogens (tertiary/aromatic N) is 1. The van der Waals surface area contributed by atoms with E-state index in [-0.39, 0.29) is 10.8 Å². The number of hydrogen-bond donors (Lipinski definition) is 0. The van der Waals surface area contributed by atoms with E-state index < -0.39 is 0 Å². The fourth-order valence-electron chi connectivity index (χ4n) is 7.94. The van der Waals surface area contributed by atoms with Gasteiger partial charge in [-0.15, -0.1) is 11.3 Å². The summed E-state index contributed by atoms with van der Waals surface area (Å²) in [5.74, 6) is 0. The van der Waals surface area contributed by atoms with Gasteiger partial charge in [0.2, 0.25) is 0 Å². The van der Waals surface area contributed by atoms with Crippen LogP contribution in [-0.2, 0) is 10.8 Å². The lowest BCUT2D eigenvalue weighted by Gasteiger charge is -2.26. The summed E-state index contributed by atoms with van der Waals surface area (Å²) >= 11 is 1.86. The molecule has 7 aromatic carbocycles. The molecule has 9 rings (SSSR count). The van der Waals surface area contributed by atoms with E-state index in [0.717, 1.165) is 17.1 Å². The number of benzene rings is 7. The summed E-state index contributed by atoms with van der Waals surface area (Å²) in [5.41, 5.74) is 15.4. The molecule has 1 aliphatic carbocycles. The zero-order valence-corrected chi connectivity index (χ0v) is 30.7. The lowest BCUT2D eigenvalue weighted by atomic mass is 9.79. The van der Waals surface area contributed by atoms with E-state index in [4.69, 9.17) is 0 Å². The van der Waals surface area contributed by atoms with Crippen LogP contribution in [0.5, 0.6) is 0 Å². The largest absolute Gasteiger partial charge is 0.311 e. The topological polar surface area (TPSA) is 3.24 Å². The van der Waals surface area contributed by atoms with Gasteiger partial charge in [0.25, 0.3) is 0 Å². The monoisotopic (exact) mass is 675 g/mol. The number of fused-ring (bicyclic) bond motifs is 6. The summed E-state index contributed by atoms with van der Waals surface area (Å²) in [4.78, 5) is 2.34. The van der Waals surface area contributed by atoms with Crippen molar-refractivity contribution in [3.63, 3.8) is 0 Å². The van der Waals surface area contributed by atoms with Crippen LogP contribution < -0.4 is 4.90 Å². The molecule has 0 spiro atoms. The van der Waals surface area contributed by atoms with Crippen molar-refractivity contribution in [1.29, 1.82) is 0 Å². The van der Waals surface area contributed by atoms with Crippen molar-refractivity contribution < 1.29 is 0 Å². The van der Waals surface area contributed by atoms with E-state index in [2.05, 4.69) is 197 Å². The molecule has 8 aromatic rings. The molecule has 0 fully saturated rings. The molecule has 0 saturated heterocycles.